The van der Waals surface area contributed by atoms with Crippen molar-refractivity contribution in [1.29, 1.82) is 0 Å². The van der Waals surface area contributed by atoms with Gasteiger partial charge in [-0.25, -0.2) is 13.1 Å². The van der Waals surface area contributed by atoms with Crippen LogP contribution >= 0.6 is 11.6 Å². The molecule has 9 heteroatoms. The van der Waals surface area contributed by atoms with Crippen LogP contribution < -0.4 is 10.0 Å². The van der Waals surface area contributed by atoms with Crippen LogP contribution in [0.25, 0.3) is 0 Å². The molecule has 2 N–H and O–H groups in total. The summed E-state index contributed by atoms with van der Waals surface area (Å²) >= 11 is 6.06. The highest BCUT2D eigenvalue weighted by molar-refractivity contribution is 7.89. The summed E-state index contributed by atoms with van der Waals surface area (Å²) in [7, 11) is -3.54. The van der Waals surface area contributed by atoms with E-state index in [4.69, 9.17) is 11.6 Å². The van der Waals surface area contributed by atoms with Crippen LogP contribution in [0.2, 0.25) is 5.02 Å². The molecule has 3 aromatic rings. The van der Waals surface area contributed by atoms with Gasteiger partial charge in [-0.05, 0) is 54.3 Å². The van der Waals surface area contributed by atoms with Gasteiger partial charge in [0.25, 0.3) is 0 Å². The number of halogens is 1. The van der Waals surface area contributed by atoms with E-state index in [1.807, 2.05) is 49.4 Å². The summed E-state index contributed by atoms with van der Waals surface area (Å²) in [5.74, 6) is -0.381. The first-order valence-corrected chi connectivity index (χ1v) is 14.5. The van der Waals surface area contributed by atoms with E-state index >= 15 is 0 Å². The van der Waals surface area contributed by atoms with Gasteiger partial charge >= 0.3 is 0 Å². The lowest BCUT2D eigenvalue weighted by Gasteiger charge is -2.31. The smallest absolute Gasteiger partial charge is 0.243 e. The fourth-order valence-corrected chi connectivity index (χ4v) is 5.30. The van der Waals surface area contributed by atoms with E-state index in [0.29, 0.717) is 31.0 Å². The van der Waals surface area contributed by atoms with Crippen molar-refractivity contribution in [2.45, 2.75) is 50.6 Å². The number of hydrogen-bond donors (Lipinski definition) is 2. The summed E-state index contributed by atoms with van der Waals surface area (Å²) in [4.78, 5) is 28.7. The first-order valence-electron chi connectivity index (χ1n) is 12.7. The van der Waals surface area contributed by atoms with E-state index in [2.05, 4.69) is 10.0 Å². The van der Waals surface area contributed by atoms with Gasteiger partial charge in [-0.2, -0.15) is 0 Å². The number of likely N-dealkylation sites (N-methyl/N-ethyl adjacent to an activating group) is 1. The standard InChI is InChI=1S/C29H34ClN3O4S/c1-3-31-29(35)27(20-23-8-6-5-7-9-23)33(21-24-10-15-25(30)16-11-24)28(34)19-14-22-12-17-26(18-13-22)38(36,37)32-4-2/h5-13,15-18,27,32H,3-4,14,19-21H2,1-2H3,(H,31,35)/t27-/m0/s1. The van der Waals surface area contributed by atoms with Crippen LogP contribution in [0.15, 0.2) is 83.8 Å². The second-order valence-electron chi connectivity index (χ2n) is 8.89. The summed E-state index contributed by atoms with van der Waals surface area (Å²) in [5.41, 5.74) is 2.65. The normalized spacial score (nSPS) is 12.1. The minimum atomic E-state index is -3.54. The topological polar surface area (TPSA) is 95.6 Å². The number of carbonyl (C=O) groups is 2. The number of aryl methyl sites for hydroxylation is 1. The van der Waals surface area contributed by atoms with E-state index in [0.717, 1.165) is 16.7 Å². The SMILES string of the molecule is CCNC(=O)[C@H](Cc1ccccc1)N(Cc1ccc(Cl)cc1)C(=O)CCc1ccc(S(=O)(=O)NCC)cc1. The summed E-state index contributed by atoms with van der Waals surface area (Å²) in [6.45, 7) is 4.58. The average molecular weight is 556 g/mol. The molecule has 7 nitrogen and oxygen atoms in total. The molecule has 0 aromatic heterocycles. The predicted octanol–water partition coefficient (Wildman–Crippen LogP) is 4.35. The van der Waals surface area contributed by atoms with Crippen LogP contribution in [0.5, 0.6) is 0 Å². The molecule has 0 unspecified atom stereocenters. The predicted molar refractivity (Wildman–Crippen MR) is 150 cm³/mol. The summed E-state index contributed by atoms with van der Waals surface area (Å²) in [6.07, 6.45) is 0.950. The molecule has 3 rings (SSSR count). The van der Waals surface area contributed by atoms with Gasteiger partial charge in [0.1, 0.15) is 6.04 Å². The maximum Gasteiger partial charge on any atom is 0.243 e. The summed E-state index contributed by atoms with van der Waals surface area (Å²) < 4.78 is 26.9. The minimum Gasteiger partial charge on any atom is -0.355 e. The molecule has 0 saturated carbocycles. The molecule has 0 aliphatic heterocycles. The zero-order valence-electron chi connectivity index (χ0n) is 21.7. The quantitative estimate of drug-likeness (QED) is 0.328. The lowest BCUT2D eigenvalue weighted by Crippen LogP contribution is -2.50. The maximum atomic E-state index is 13.7. The monoisotopic (exact) mass is 555 g/mol. The van der Waals surface area contributed by atoms with Crippen molar-refractivity contribution in [2.75, 3.05) is 13.1 Å². The van der Waals surface area contributed by atoms with Crippen molar-refractivity contribution >= 4 is 33.4 Å². The number of nitrogens with one attached hydrogen (secondary N) is 2. The Balaban J connectivity index is 1.84. The van der Waals surface area contributed by atoms with Crippen molar-refractivity contribution in [3.63, 3.8) is 0 Å². The lowest BCUT2D eigenvalue weighted by atomic mass is 10.0. The molecule has 0 aliphatic carbocycles. The molecule has 0 heterocycles. The molecule has 38 heavy (non-hydrogen) atoms. The van der Waals surface area contributed by atoms with Crippen molar-refractivity contribution in [3.05, 3.63) is 101 Å². The van der Waals surface area contributed by atoms with Gasteiger partial charge in [0.2, 0.25) is 21.8 Å². The molecule has 202 valence electrons. The zero-order chi connectivity index (χ0) is 27.5. The largest absolute Gasteiger partial charge is 0.355 e. The molecule has 0 spiro atoms. The van der Waals surface area contributed by atoms with Gasteiger partial charge in [0.15, 0.2) is 0 Å². The highest BCUT2D eigenvalue weighted by Gasteiger charge is 2.30. The highest BCUT2D eigenvalue weighted by Crippen LogP contribution is 2.19. The second kappa shape index (κ2) is 14.1. The molecule has 0 aliphatic rings. The number of amides is 2. The Morgan fingerprint density at radius 3 is 2.08 bits per heavy atom. The van der Waals surface area contributed by atoms with Crippen LogP contribution in [0.4, 0.5) is 0 Å². The first kappa shape index (κ1) is 29.4. The lowest BCUT2D eigenvalue weighted by molar-refractivity contribution is -0.141. The average Bonchev–Trinajstić information content (AvgIpc) is 2.91. The summed E-state index contributed by atoms with van der Waals surface area (Å²) in [5, 5.41) is 3.48. The van der Waals surface area contributed by atoms with Crippen LogP contribution in [-0.2, 0) is 39.0 Å². The number of hydrogen-bond acceptors (Lipinski definition) is 4. The third kappa shape index (κ3) is 8.41. The van der Waals surface area contributed by atoms with Crippen molar-refractivity contribution in [3.8, 4) is 0 Å². The van der Waals surface area contributed by atoms with Crippen LogP contribution in [0.3, 0.4) is 0 Å². The highest BCUT2D eigenvalue weighted by atomic mass is 35.5. The van der Waals surface area contributed by atoms with Gasteiger partial charge in [0.05, 0.1) is 4.90 Å². The van der Waals surface area contributed by atoms with Crippen molar-refractivity contribution in [1.82, 2.24) is 14.9 Å². The van der Waals surface area contributed by atoms with Gasteiger partial charge in [-0.3, -0.25) is 9.59 Å². The number of rotatable bonds is 13. The van der Waals surface area contributed by atoms with Crippen LogP contribution in [0, 0.1) is 0 Å². The Hall–Kier alpha value is -3.20. The zero-order valence-corrected chi connectivity index (χ0v) is 23.3. The molecule has 1 atom stereocenters. The second-order valence-corrected chi connectivity index (χ2v) is 11.1. The van der Waals surface area contributed by atoms with E-state index in [9.17, 15) is 18.0 Å². The van der Waals surface area contributed by atoms with Gasteiger partial charge in [-0.1, -0.05) is 73.1 Å². The van der Waals surface area contributed by atoms with Gasteiger partial charge in [-0.15, -0.1) is 0 Å². The van der Waals surface area contributed by atoms with Gasteiger partial charge in [0, 0.05) is 37.5 Å². The van der Waals surface area contributed by atoms with Crippen LogP contribution in [-0.4, -0.2) is 44.3 Å². The van der Waals surface area contributed by atoms with E-state index < -0.39 is 16.1 Å². The molecule has 0 fully saturated rings. The molecule has 3 aromatic carbocycles. The molecule has 0 bridgehead atoms. The number of benzene rings is 3. The Morgan fingerprint density at radius 2 is 1.47 bits per heavy atom. The molecular formula is C29H34ClN3O4S. The van der Waals surface area contributed by atoms with Crippen molar-refractivity contribution < 1.29 is 18.0 Å². The molecular weight excluding hydrogens is 522 g/mol. The Labute approximate surface area is 230 Å². The number of sulfonamides is 1. The minimum absolute atomic E-state index is 0.164. The first-order chi connectivity index (χ1) is 18.2. The third-order valence-corrected chi connectivity index (χ3v) is 7.90. The summed E-state index contributed by atoms with van der Waals surface area (Å²) in [6, 6.07) is 22.7. The fraction of sp³-hybridized carbons (Fsp3) is 0.310. The molecule has 0 saturated heterocycles. The van der Waals surface area contributed by atoms with E-state index in [1.54, 1.807) is 36.1 Å². The molecule has 2 amide bonds. The third-order valence-electron chi connectivity index (χ3n) is 6.08. The fourth-order valence-electron chi connectivity index (χ4n) is 4.14. The number of nitrogens with zero attached hydrogens (tertiary/aromatic N) is 1. The number of carbonyl (C=O) groups excluding carboxylic acids is 2. The van der Waals surface area contributed by atoms with Crippen molar-refractivity contribution in [2.24, 2.45) is 0 Å². The van der Waals surface area contributed by atoms with E-state index in [1.165, 1.54) is 12.1 Å². The maximum absolute atomic E-state index is 13.7. The van der Waals surface area contributed by atoms with Gasteiger partial charge < -0.3 is 10.2 Å². The van der Waals surface area contributed by atoms with E-state index in [-0.39, 0.29) is 29.7 Å². The molecule has 0 radical (unpaired) electrons. The Bertz CT molecular complexity index is 1300. The Kier molecular flexibility index (Phi) is 10.9. The Morgan fingerprint density at radius 1 is 0.842 bits per heavy atom. The van der Waals surface area contributed by atoms with Crippen LogP contribution in [0.1, 0.15) is 37.0 Å².